The van der Waals surface area contributed by atoms with E-state index >= 15 is 0 Å². The molecular formula is C21H27N5O3. The zero-order valence-corrected chi connectivity index (χ0v) is 16.8. The van der Waals surface area contributed by atoms with Gasteiger partial charge in [-0.05, 0) is 18.9 Å². The zero-order valence-electron chi connectivity index (χ0n) is 16.8. The van der Waals surface area contributed by atoms with E-state index in [9.17, 15) is 14.4 Å². The van der Waals surface area contributed by atoms with Gasteiger partial charge in [0.2, 0.25) is 0 Å². The molecule has 1 saturated carbocycles. The number of nitrogens with one attached hydrogen (secondary N) is 1. The molecule has 0 atom stereocenters. The minimum Gasteiger partial charge on any atom is -0.335 e. The number of hydrogen-bond donors (Lipinski definition) is 1. The summed E-state index contributed by atoms with van der Waals surface area (Å²) >= 11 is 0. The molecule has 2 fully saturated rings. The first kappa shape index (κ1) is 19.4. The topological polar surface area (TPSA) is 87.5 Å². The highest BCUT2D eigenvalue weighted by molar-refractivity contribution is 6.04. The third-order valence-corrected chi connectivity index (χ3v) is 5.95. The molecule has 2 heterocycles. The average Bonchev–Trinajstić information content (AvgIpc) is 2.76. The molecule has 29 heavy (non-hydrogen) atoms. The lowest BCUT2D eigenvalue weighted by Crippen LogP contribution is -2.54. The number of benzene rings is 1. The Morgan fingerprint density at radius 2 is 1.59 bits per heavy atom. The molecule has 1 N–H and O–H groups in total. The maximum absolute atomic E-state index is 13.1. The molecule has 8 nitrogen and oxygen atoms in total. The molecule has 8 heteroatoms. The van der Waals surface area contributed by atoms with E-state index in [0.717, 1.165) is 12.8 Å². The number of carbonyl (C=O) groups excluding carboxylic acids is 2. The van der Waals surface area contributed by atoms with Crippen molar-refractivity contribution in [2.45, 2.75) is 38.1 Å². The number of aromatic nitrogens is 2. The fraction of sp³-hybridized carbons (Fsp3) is 0.524. The molecule has 4 rings (SSSR count). The van der Waals surface area contributed by atoms with Crippen LogP contribution in [-0.4, -0.2) is 63.7 Å². The van der Waals surface area contributed by atoms with Crippen LogP contribution in [0, 0.1) is 0 Å². The average molecular weight is 397 g/mol. The number of urea groups is 1. The van der Waals surface area contributed by atoms with Gasteiger partial charge < -0.3 is 15.1 Å². The highest BCUT2D eigenvalue weighted by Gasteiger charge is 2.28. The van der Waals surface area contributed by atoms with Crippen molar-refractivity contribution >= 4 is 22.7 Å². The fourth-order valence-electron chi connectivity index (χ4n) is 4.23. The maximum atomic E-state index is 13.1. The maximum Gasteiger partial charge on any atom is 0.317 e. The summed E-state index contributed by atoms with van der Waals surface area (Å²) in [6.07, 6.45) is 5.70. The number of amides is 3. The number of fused-ring (bicyclic) bond motifs is 1. The number of nitrogens with zero attached hydrogens (tertiary/aromatic N) is 4. The van der Waals surface area contributed by atoms with Crippen molar-refractivity contribution in [3.8, 4) is 0 Å². The zero-order chi connectivity index (χ0) is 20.4. The van der Waals surface area contributed by atoms with Crippen molar-refractivity contribution in [1.29, 1.82) is 0 Å². The predicted octanol–water partition coefficient (Wildman–Crippen LogP) is 1.73. The third kappa shape index (κ3) is 3.97. The first-order valence-electron chi connectivity index (χ1n) is 10.4. The molecule has 0 spiro atoms. The van der Waals surface area contributed by atoms with Gasteiger partial charge in [0, 0.05) is 44.7 Å². The summed E-state index contributed by atoms with van der Waals surface area (Å²) in [5.74, 6) is -0.205. The summed E-state index contributed by atoms with van der Waals surface area (Å²) in [6, 6.07) is 7.29. The van der Waals surface area contributed by atoms with Gasteiger partial charge in [-0.25, -0.2) is 9.48 Å². The molecule has 2 aromatic rings. The Balaban J connectivity index is 1.43. The number of hydrogen-bond acceptors (Lipinski definition) is 4. The molecule has 1 aliphatic carbocycles. The van der Waals surface area contributed by atoms with Gasteiger partial charge in [-0.3, -0.25) is 9.59 Å². The van der Waals surface area contributed by atoms with E-state index < -0.39 is 0 Å². The molecule has 1 aliphatic heterocycles. The van der Waals surface area contributed by atoms with Gasteiger partial charge in [0.1, 0.15) is 0 Å². The SMILES string of the molecule is Cn1nc(C(=O)N2CCN(C(=O)NC3CCCCC3)CC2)c2ccccc2c1=O. The van der Waals surface area contributed by atoms with Gasteiger partial charge in [0.25, 0.3) is 11.5 Å². The van der Waals surface area contributed by atoms with E-state index in [0.29, 0.717) is 37.0 Å². The van der Waals surface area contributed by atoms with Crippen LogP contribution in [0.4, 0.5) is 4.79 Å². The molecule has 0 unspecified atom stereocenters. The third-order valence-electron chi connectivity index (χ3n) is 5.95. The predicted molar refractivity (Wildman–Crippen MR) is 110 cm³/mol. The summed E-state index contributed by atoms with van der Waals surface area (Å²) < 4.78 is 1.21. The second kappa shape index (κ2) is 8.23. The Morgan fingerprint density at radius 1 is 0.966 bits per heavy atom. The quantitative estimate of drug-likeness (QED) is 0.836. The van der Waals surface area contributed by atoms with Gasteiger partial charge >= 0.3 is 6.03 Å². The lowest BCUT2D eigenvalue weighted by molar-refractivity contribution is 0.0656. The van der Waals surface area contributed by atoms with Crippen molar-refractivity contribution < 1.29 is 9.59 Å². The largest absolute Gasteiger partial charge is 0.335 e. The van der Waals surface area contributed by atoms with Crippen LogP contribution in [-0.2, 0) is 7.05 Å². The Morgan fingerprint density at radius 3 is 2.28 bits per heavy atom. The summed E-state index contributed by atoms with van der Waals surface area (Å²) in [4.78, 5) is 41.4. The minimum absolute atomic E-state index is 0.0327. The number of aryl methyl sites for hydroxylation is 1. The highest BCUT2D eigenvalue weighted by Crippen LogP contribution is 2.19. The van der Waals surface area contributed by atoms with Crippen molar-refractivity contribution in [2.24, 2.45) is 7.05 Å². The standard InChI is InChI=1S/C21H27N5O3/c1-24-19(27)17-10-6-5-9-16(17)18(23-24)20(28)25-11-13-26(14-12-25)21(29)22-15-7-3-2-4-8-15/h5-6,9-10,15H,2-4,7-8,11-14H2,1H3,(H,22,29). The van der Waals surface area contributed by atoms with Crippen molar-refractivity contribution in [3.05, 3.63) is 40.3 Å². The van der Waals surface area contributed by atoms with E-state index in [1.165, 1.54) is 23.9 Å². The molecule has 0 bridgehead atoms. The summed E-state index contributed by atoms with van der Waals surface area (Å²) in [5, 5.41) is 8.42. The van der Waals surface area contributed by atoms with Crippen molar-refractivity contribution in [2.75, 3.05) is 26.2 Å². The highest BCUT2D eigenvalue weighted by atomic mass is 16.2. The molecular weight excluding hydrogens is 370 g/mol. The minimum atomic E-state index is -0.221. The Bertz CT molecular complexity index is 972. The van der Waals surface area contributed by atoms with Crippen LogP contribution in [0.5, 0.6) is 0 Å². The molecule has 1 aromatic heterocycles. The molecule has 2 aliphatic rings. The van der Waals surface area contributed by atoms with Crippen molar-refractivity contribution in [1.82, 2.24) is 24.9 Å². The smallest absolute Gasteiger partial charge is 0.317 e. The van der Waals surface area contributed by atoms with Gasteiger partial charge in [0.05, 0.1) is 5.39 Å². The molecule has 1 saturated heterocycles. The van der Waals surface area contributed by atoms with Gasteiger partial charge in [-0.15, -0.1) is 0 Å². The van der Waals surface area contributed by atoms with Crippen LogP contribution in [0.3, 0.4) is 0 Å². The van der Waals surface area contributed by atoms with Crippen LogP contribution in [0.1, 0.15) is 42.6 Å². The van der Waals surface area contributed by atoms with Gasteiger partial charge in [-0.1, -0.05) is 37.5 Å². The lowest BCUT2D eigenvalue weighted by atomic mass is 9.96. The van der Waals surface area contributed by atoms with Crippen LogP contribution >= 0.6 is 0 Å². The van der Waals surface area contributed by atoms with E-state index in [1.807, 2.05) is 0 Å². The first-order chi connectivity index (χ1) is 14.0. The van der Waals surface area contributed by atoms with E-state index in [4.69, 9.17) is 0 Å². The normalized spacial score (nSPS) is 18.1. The number of rotatable bonds is 2. The molecule has 3 amide bonds. The fourth-order valence-corrected chi connectivity index (χ4v) is 4.23. The molecule has 0 radical (unpaired) electrons. The first-order valence-corrected chi connectivity index (χ1v) is 10.4. The lowest BCUT2D eigenvalue weighted by Gasteiger charge is -2.36. The van der Waals surface area contributed by atoms with Crippen LogP contribution in [0.25, 0.3) is 10.8 Å². The summed E-state index contributed by atoms with van der Waals surface area (Å²) in [7, 11) is 1.55. The summed E-state index contributed by atoms with van der Waals surface area (Å²) in [6.45, 7) is 1.90. The molecule has 1 aromatic carbocycles. The van der Waals surface area contributed by atoms with E-state index in [2.05, 4.69) is 10.4 Å². The monoisotopic (exact) mass is 397 g/mol. The van der Waals surface area contributed by atoms with Crippen LogP contribution < -0.4 is 10.9 Å². The van der Waals surface area contributed by atoms with Gasteiger partial charge in [-0.2, -0.15) is 5.10 Å². The number of piperazine rings is 1. The van der Waals surface area contributed by atoms with Gasteiger partial charge in [0.15, 0.2) is 5.69 Å². The second-order valence-electron chi connectivity index (χ2n) is 7.89. The Kier molecular flexibility index (Phi) is 5.51. The van der Waals surface area contributed by atoms with Crippen molar-refractivity contribution in [3.63, 3.8) is 0 Å². The Labute approximate surface area is 169 Å². The second-order valence-corrected chi connectivity index (χ2v) is 7.89. The van der Waals surface area contributed by atoms with E-state index in [-0.39, 0.29) is 29.2 Å². The number of carbonyl (C=O) groups is 2. The van der Waals surface area contributed by atoms with Crippen LogP contribution in [0.15, 0.2) is 29.1 Å². The summed E-state index contributed by atoms with van der Waals surface area (Å²) in [5.41, 5.74) is 0.0594. The Hall–Kier alpha value is -2.90. The molecule has 154 valence electrons. The van der Waals surface area contributed by atoms with Crippen LogP contribution in [0.2, 0.25) is 0 Å². The van der Waals surface area contributed by atoms with E-state index in [1.54, 1.807) is 41.1 Å².